The van der Waals surface area contributed by atoms with Crippen molar-refractivity contribution >= 4 is 0 Å². The number of aromatic hydroxyl groups is 1. The van der Waals surface area contributed by atoms with Crippen LogP contribution in [0.15, 0.2) is 28.8 Å². The molecule has 112 valence electrons. The number of likely N-dealkylation sites (tertiary alicyclic amines) is 1. The Morgan fingerprint density at radius 2 is 2.29 bits per heavy atom. The average molecular weight is 288 g/mol. The predicted octanol–water partition coefficient (Wildman–Crippen LogP) is 3.03. The number of ether oxygens (including phenoxy) is 1. The summed E-state index contributed by atoms with van der Waals surface area (Å²) in [7, 11) is 1.56. The molecule has 3 rings (SSSR count). The molecule has 0 amide bonds. The van der Waals surface area contributed by atoms with Crippen LogP contribution in [0, 0.1) is 6.92 Å². The average Bonchev–Trinajstić information content (AvgIpc) is 3.09. The van der Waals surface area contributed by atoms with Crippen LogP contribution in [0.25, 0.3) is 0 Å². The number of aryl methyl sites for hydroxylation is 1. The van der Waals surface area contributed by atoms with Gasteiger partial charge in [-0.3, -0.25) is 4.90 Å². The van der Waals surface area contributed by atoms with E-state index in [-0.39, 0.29) is 11.8 Å². The van der Waals surface area contributed by atoms with E-state index in [1.54, 1.807) is 13.2 Å². The highest BCUT2D eigenvalue weighted by Gasteiger charge is 2.29. The Morgan fingerprint density at radius 1 is 1.43 bits per heavy atom. The summed E-state index contributed by atoms with van der Waals surface area (Å²) in [5.74, 6) is 1.62. The molecule has 0 saturated carbocycles. The molecule has 1 atom stereocenters. The van der Waals surface area contributed by atoms with E-state index in [0.717, 1.165) is 42.9 Å². The molecule has 1 aromatic carbocycles. The van der Waals surface area contributed by atoms with Gasteiger partial charge in [-0.1, -0.05) is 11.2 Å². The van der Waals surface area contributed by atoms with Gasteiger partial charge in [0.05, 0.1) is 18.8 Å². The molecule has 0 unspecified atom stereocenters. The monoisotopic (exact) mass is 288 g/mol. The molecular formula is C16H20N2O3. The smallest absolute Gasteiger partial charge is 0.160 e. The van der Waals surface area contributed by atoms with Gasteiger partial charge < -0.3 is 14.4 Å². The lowest BCUT2D eigenvalue weighted by Crippen LogP contribution is -2.22. The number of aromatic nitrogens is 1. The SMILES string of the molecule is COc1cc(CN2CCC[C@H]2c2cc(C)no2)ccc1O. The van der Waals surface area contributed by atoms with Crippen LogP contribution in [0.5, 0.6) is 11.5 Å². The minimum absolute atomic E-state index is 0.171. The summed E-state index contributed by atoms with van der Waals surface area (Å²) in [6, 6.07) is 7.79. The first kappa shape index (κ1) is 13.9. The molecular weight excluding hydrogens is 268 g/mol. The van der Waals surface area contributed by atoms with Crippen LogP contribution >= 0.6 is 0 Å². The Labute approximate surface area is 124 Å². The number of rotatable bonds is 4. The summed E-state index contributed by atoms with van der Waals surface area (Å²) in [4.78, 5) is 2.38. The molecule has 0 spiro atoms. The second kappa shape index (κ2) is 5.77. The van der Waals surface area contributed by atoms with Crippen molar-refractivity contribution in [2.45, 2.75) is 32.4 Å². The fourth-order valence-corrected chi connectivity index (χ4v) is 2.93. The fourth-order valence-electron chi connectivity index (χ4n) is 2.93. The Balaban J connectivity index is 1.77. The molecule has 21 heavy (non-hydrogen) atoms. The molecule has 5 heteroatoms. The highest BCUT2D eigenvalue weighted by Crippen LogP contribution is 2.34. The third-order valence-electron chi connectivity index (χ3n) is 3.97. The van der Waals surface area contributed by atoms with Crippen molar-refractivity contribution in [3.8, 4) is 11.5 Å². The van der Waals surface area contributed by atoms with E-state index >= 15 is 0 Å². The molecule has 0 aliphatic carbocycles. The van der Waals surface area contributed by atoms with E-state index < -0.39 is 0 Å². The third-order valence-corrected chi connectivity index (χ3v) is 3.97. The summed E-state index contributed by atoms with van der Waals surface area (Å²) in [6.07, 6.45) is 2.24. The van der Waals surface area contributed by atoms with E-state index in [2.05, 4.69) is 10.1 Å². The van der Waals surface area contributed by atoms with Gasteiger partial charge in [-0.05, 0) is 44.0 Å². The molecule has 1 saturated heterocycles. The van der Waals surface area contributed by atoms with E-state index in [1.807, 2.05) is 25.1 Å². The van der Waals surface area contributed by atoms with Crippen molar-refractivity contribution < 1.29 is 14.4 Å². The predicted molar refractivity (Wildman–Crippen MR) is 78.3 cm³/mol. The Bertz CT molecular complexity index is 624. The molecule has 1 aliphatic rings. The molecule has 1 N–H and O–H groups in total. The molecule has 2 heterocycles. The number of phenolic OH excluding ortho intramolecular Hbond substituents is 1. The van der Waals surface area contributed by atoms with Gasteiger partial charge in [0.25, 0.3) is 0 Å². The maximum Gasteiger partial charge on any atom is 0.160 e. The Hall–Kier alpha value is -2.01. The molecule has 5 nitrogen and oxygen atoms in total. The first-order valence-electron chi connectivity index (χ1n) is 7.20. The zero-order valence-corrected chi connectivity index (χ0v) is 12.4. The van der Waals surface area contributed by atoms with Crippen molar-refractivity contribution in [2.24, 2.45) is 0 Å². The quantitative estimate of drug-likeness (QED) is 0.937. The Morgan fingerprint density at radius 3 is 3.00 bits per heavy atom. The molecule has 2 aromatic rings. The lowest BCUT2D eigenvalue weighted by Gasteiger charge is -2.22. The molecule has 0 radical (unpaired) electrons. The lowest BCUT2D eigenvalue weighted by molar-refractivity contribution is 0.206. The van der Waals surface area contributed by atoms with Gasteiger partial charge in [-0.15, -0.1) is 0 Å². The van der Waals surface area contributed by atoms with Crippen molar-refractivity contribution in [3.05, 3.63) is 41.3 Å². The van der Waals surface area contributed by atoms with Gasteiger partial charge in [0.2, 0.25) is 0 Å². The van der Waals surface area contributed by atoms with Gasteiger partial charge in [0, 0.05) is 12.6 Å². The zero-order valence-electron chi connectivity index (χ0n) is 12.4. The zero-order chi connectivity index (χ0) is 14.8. The second-order valence-corrected chi connectivity index (χ2v) is 5.51. The molecule has 1 aromatic heterocycles. The standard InChI is InChI=1S/C16H20N2O3/c1-11-8-15(21-17-11)13-4-3-7-18(13)10-12-5-6-14(19)16(9-12)20-2/h5-6,8-9,13,19H,3-4,7,10H2,1-2H3/t13-/m0/s1. The second-order valence-electron chi connectivity index (χ2n) is 5.51. The highest BCUT2D eigenvalue weighted by molar-refractivity contribution is 5.41. The molecule has 0 bridgehead atoms. The highest BCUT2D eigenvalue weighted by atomic mass is 16.5. The first-order chi connectivity index (χ1) is 10.2. The van der Waals surface area contributed by atoms with E-state index in [0.29, 0.717) is 5.75 Å². The number of phenols is 1. The maximum absolute atomic E-state index is 9.67. The Kier molecular flexibility index (Phi) is 3.84. The lowest BCUT2D eigenvalue weighted by atomic mass is 10.1. The van der Waals surface area contributed by atoms with Crippen LogP contribution in [-0.4, -0.2) is 28.8 Å². The molecule has 1 fully saturated rings. The van der Waals surface area contributed by atoms with E-state index in [9.17, 15) is 5.11 Å². The third kappa shape index (κ3) is 2.88. The van der Waals surface area contributed by atoms with Crippen LogP contribution in [0.4, 0.5) is 0 Å². The minimum Gasteiger partial charge on any atom is -0.504 e. The summed E-state index contributed by atoms with van der Waals surface area (Å²) in [6.45, 7) is 3.78. The largest absolute Gasteiger partial charge is 0.504 e. The summed E-state index contributed by atoms with van der Waals surface area (Å²) in [5, 5.41) is 13.7. The summed E-state index contributed by atoms with van der Waals surface area (Å²) in [5.41, 5.74) is 2.04. The van der Waals surface area contributed by atoms with Gasteiger partial charge in [0.1, 0.15) is 0 Å². The van der Waals surface area contributed by atoms with E-state index in [1.165, 1.54) is 0 Å². The van der Waals surface area contributed by atoms with E-state index in [4.69, 9.17) is 9.26 Å². The fraction of sp³-hybridized carbons (Fsp3) is 0.438. The minimum atomic E-state index is 0.171. The summed E-state index contributed by atoms with van der Waals surface area (Å²) >= 11 is 0. The van der Waals surface area contributed by atoms with Crippen LogP contribution in [-0.2, 0) is 6.54 Å². The van der Waals surface area contributed by atoms with Crippen molar-refractivity contribution in [2.75, 3.05) is 13.7 Å². The van der Waals surface area contributed by atoms with Gasteiger partial charge >= 0.3 is 0 Å². The van der Waals surface area contributed by atoms with Crippen molar-refractivity contribution in [1.29, 1.82) is 0 Å². The first-order valence-corrected chi connectivity index (χ1v) is 7.20. The van der Waals surface area contributed by atoms with Crippen molar-refractivity contribution in [3.63, 3.8) is 0 Å². The number of methoxy groups -OCH3 is 1. The van der Waals surface area contributed by atoms with Crippen LogP contribution in [0.1, 0.15) is 35.9 Å². The number of benzene rings is 1. The number of nitrogens with zero attached hydrogens (tertiary/aromatic N) is 2. The topological polar surface area (TPSA) is 58.7 Å². The van der Waals surface area contributed by atoms with Gasteiger partial charge in [-0.25, -0.2) is 0 Å². The van der Waals surface area contributed by atoms with Gasteiger partial charge in [0.15, 0.2) is 17.3 Å². The maximum atomic E-state index is 9.67. The molecule has 1 aliphatic heterocycles. The normalized spacial score (nSPS) is 19.0. The summed E-state index contributed by atoms with van der Waals surface area (Å²) < 4.78 is 10.6. The van der Waals surface area contributed by atoms with Crippen LogP contribution < -0.4 is 4.74 Å². The van der Waals surface area contributed by atoms with Crippen molar-refractivity contribution in [1.82, 2.24) is 10.1 Å². The number of hydrogen-bond acceptors (Lipinski definition) is 5. The van der Waals surface area contributed by atoms with Crippen LogP contribution in [0.2, 0.25) is 0 Å². The van der Waals surface area contributed by atoms with Gasteiger partial charge in [-0.2, -0.15) is 0 Å². The van der Waals surface area contributed by atoms with Crippen LogP contribution in [0.3, 0.4) is 0 Å². The number of hydrogen-bond donors (Lipinski definition) is 1.